The average molecular weight is 218 g/mol. The zero-order chi connectivity index (χ0) is 10.7. The predicted molar refractivity (Wildman–Crippen MR) is 64.0 cm³/mol. The highest BCUT2D eigenvalue weighted by molar-refractivity contribution is 7.80. The lowest BCUT2D eigenvalue weighted by molar-refractivity contribution is 0.885. The van der Waals surface area contributed by atoms with E-state index in [-0.39, 0.29) is 5.11 Å². The largest absolute Gasteiger partial charge is 0.376 e. The maximum absolute atomic E-state index is 5.34. The Hall–Kier alpha value is -1.88. The molecule has 1 aromatic carbocycles. The zero-order valence-electron chi connectivity index (χ0n) is 7.92. The van der Waals surface area contributed by atoms with Gasteiger partial charge in [0.2, 0.25) is 0 Å². The van der Waals surface area contributed by atoms with Crippen LogP contribution in [0, 0.1) is 0 Å². The third-order valence-electron chi connectivity index (χ3n) is 1.86. The van der Waals surface area contributed by atoms with Crippen LogP contribution in [0.25, 0.3) is 5.69 Å². The molecule has 0 atom stereocenters. The monoisotopic (exact) mass is 218 g/mol. The van der Waals surface area contributed by atoms with Crippen molar-refractivity contribution in [3.63, 3.8) is 0 Å². The Labute approximate surface area is 92.7 Å². The molecule has 0 aliphatic carbocycles. The van der Waals surface area contributed by atoms with Gasteiger partial charge in [-0.05, 0) is 24.4 Å². The first kappa shape index (κ1) is 9.67. The van der Waals surface area contributed by atoms with Crippen LogP contribution in [0.4, 0.5) is 5.82 Å². The van der Waals surface area contributed by atoms with E-state index in [0.29, 0.717) is 5.82 Å². The van der Waals surface area contributed by atoms with E-state index >= 15 is 0 Å². The van der Waals surface area contributed by atoms with Crippen LogP contribution in [-0.4, -0.2) is 14.9 Å². The molecule has 1 aromatic heterocycles. The molecule has 1 heterocycles. The second-order valence-corrected chi connectivity index (χ2v) is 3.41. The quantitative estimate of drug-likeness (QED) is 0.750. The fourth-order valence-electron chi connectivity index (χ4n) is 1.24. The molecule has 0 bridgehead atoms. The molecule has 0 unspecified atom stereocenters. The van der Waals surface area contributed by atoms with Gasteiger partial charge in [-0.1, -0.05) is 18.2 Å². The number of thiocarbonyl (C=S) groups is 1. The summed E-state index contributed by atoms with van der Waals surface area (Å²) in [4.78, 5) is 0. The summed E-state index contributed by atoms with van der Waals surface area (Å²) in [5, 5.41) is 7.25. The first-order chi connectivity index (χ1) is 7.25. The Kier molecular flexibility index (Phi) is 2.64. The summed E-state index contributed by atoms with van der Waals surface area (Å²) in [6.07, 6.45) is 1.84. The van der Waals surface area contributed by atoms with E-state index in [4.69, 9.17) is 18.0 Å². The smallest absolute Gasteiger partial charge is 0.169 e. The minimum Gasteiger partial charge on any atom is -0.376 e. The molecule has 0 fully saturated rings. The molecule has 15 heavy (non-hydrogen) atoms. The lowest BCUT2D eigenvalue weighted by atomic mass is 10.3. The highest BCUT2D eigenvalue weighted by atomic mass is 32.1. The van der Waals surface area contributed by atoms with Gasteiger partial charge in [0.1, 0.15) is 0 Å². The van der Waals surface area contributed by atoms with Gasteiger partial charge >= 0.3 is 0 Å². The average Bonchev–Trinajstić information content (AvgIpc) is 2.67. The van der Waals surface area contributed by atoms with Crippen LogP contribution in [0.3, 0.4) is 0 Å². The van der Waals surface area contributed by atoms with Gasteiger partial charge in [-0.2, -0.15) is 5.10 Å². The van der Waals surface area contributed by atoms with Crippen LogP contribution in [0.5, 0.6) is 0 Å². The van der Waals surface area contributed by atoms with Gasteiger partial charge in [-0.3, -0.25) is 0 Å². The van der Waals surface area contributed by atoms with E-state index < -0.39 is 0 Å². The molecule has 4 nitrogen and oxygen atoms in total. The van der Waals surface area contributed by atoms with Crippen molar-refractivity contribution >= 4 is 23.1 Å². The van der Waals surface area contributed by atoms with Crippen LogP contribution >= 0.6 is 12.2 Å². The number of para-hydroxylation sites is 1. The lowest BCUT2D eigenvalue weighted by Crippen LogP contribution is -2.19. The summed E-state index contributed by atoms with van der Waals surface area (Å²) >= 11 is 4.72. The molecule has 2 rings (SSSR count). The van der Waals surface area contributed by atoms with Crippen LogP contribution in [0.1, 0.15) is 0 Å². The van der Waals surface area contributed by atoms with E-state index in [2.05, 4.69) is 10.4 Å². The molecule has 0 saturated carbocycles. The van der Waals surface area contributed by atoms with Gasteiger partial charge in [0, 0.05) is 12.3 Å². The molecule has 0 aliphatic rings. The topological polar surface area (TPSA) is 55.9 Å². The van der Waals surface area contributed by atoms with Crippen LogP contribution in [0.2, 0.25) is 0 Å². The number of aromatic nitrogens is 2. The Bertz CT molecular complexity index is 463. The maximum atomic E-state index is 5.34. The number of anilines is 1. The summed E-state index contributed by atoms with van der Waals surface area (Å²) in [5.74, 6) is 0.645. The summed E-state index contributed by atoms with van der Waals surface area (Å²) in [5.41, 5.74) is 6.34. The third-order valence-corrected chi connectivity index (χ3v) is 1.96. The number of nitrogens with one attached hydrogen (secondary N) is 1. The number of rotatable bonds is 2. The van der Waals surface area contributed by atoms with E-state index in [1.165, 1.54) is 0 Å². The van der Waals surface area contributed by atoms with E-state index in [0.717, 1.165) is 5.69 Å². The van der Waals surface area contributed by atoms with E-state index in [1.54, 1.807) is 4.68 Å². The van der Waals surface area contributed by atoms with Crippen molar-refractivity contribution in [2.24, 2.45) is 5.73 Å². The van der Waals surface area contributed by atoms with Crippen molar-refractivity contribution in [3.8, 4) is 5.69 Å². The highest BCUT2D eigenvalue weighted by Crippen LogP contribution is 2.09. The molecule has 0 saturated heterocycles. The van der Waals surface area contributed by atoms with Crippen molar-refractivity contribution < 1.29 is 0 Å². The van der Waals surface area contributed by atoms with Crippen molar-refractivity contribution in [1.29, 1.82) is 0 Å². The summed E-state index contributed by atoms with van der Waals surface area (Å²) < 4.78 is 1.75. The third kappa shape index (κ3) is 2.32. The van der Waals surface area contributed by atoms with Gasteiger partial charge in [0.25, 0.3) is 0 Å². The molecule has 0 radical (unpaired) electrons. The standard InChI is InChI=1S/C10H10N4S/c11-10(15)12-9-6-7-14(13-9)8-4-2-1-3-5-8/h1-7H,(H3,11,12,13,15). The lowest BCUT2D eigenvalue weighted by Gasteiger charge is -2.00. The zero-order valence-corrected chi connectivity index (χ0v) is 8.74. The molecule has 76 valence electrons. The molecule has 0 aliphatic heterocycles. The second-order valence-electron chi connectivity index (χ2n) is 2.97. The number of benzene rings is 1. The molecule has 5 heteroatoms. The number of hydrogen-bond acceptors (Lipinski definition) is 2. The van der Waals surface area contributed by atoms with Gasteiger partial charge in [0.15, 0.2) is 10.9 Å². The van der Waals surface area contributed by atoms with Crippen molar-refractivity contribution in [2.45, 2.75) is 0 Å². The minimum absolute atomic E-state index is 0.216. The fourth-order valence-corrected chi connectivity index (χ4v) is 1.35. The fraction of sp³-hybridized carbons (Fsp3) is 0. The molecular formula is C10H10N4S. The van der Waals surface area contributed by atoms with Crippen LogP contribution in [-0.2, 0) is 0 Å². The first-order valence-corrected chi connectivity index (χ1v) is 4.84. The van der Waals surface area contributed by atoms with Crippen LogP contribution in [0.15, 0.2) is 42.6 Å². The number of nitrogens with two attached hydrogens (primary N) is 1. The van der Waals surface area contributed by atoms with Crippen molar-refractivity contribution in [1.82, 2.24) is 9.78 Å². The Morgan fingerprint density at radius 1 is 1.27 bits per heavy atom. The van der Waals surface area contributed by atoms with Gasteiger partial charge in [-0.15, -0.1) is 0 Å². The molecule has 2 aromatic rings. The van der Waals surface area contributed by atoms with Gasteiger partial charge in [0.05, 0.1) is 5.69 Å². The predicted octanol–water partition coefficient (Wildman–Crippen LogP) is 1.53. The highest BCUT2D eigenvalue weighted by Gasteiger charge is 2.00. The summed E-state index contributed by atoms with van der Waals surface area (Å²) in [6, 6.07) is 11.6. The Balaban J connectivity index is 2.24. The summed E-state index contributed by atoms with van der Waals surface area (Å²) in [7, 11) is 0. The van der Waals surface area contributed by atoms with Crippen molar-refractivity contribution in [3.05, 3.63) is 42.6 Å². The van der Waals surface area contributed by atoms with E-state index in [1.807, 2.05) is 42.6 Å². The molecule has 3 N–H and O–H groups in total. The van der Waals surface area contributed by atoms with Gasteiger partial charge < -0.3 is 11.1 Å². The van der Waals surface area contributed by atoms with E-state index in [9.17, 15) is 0 Å². The number of nitrogens with zero attached hydrogens (tertiary/aromatic N) is 2. The number of hydrogen-bond donors (Lipinski definition) is 2. The SMILES string of the molecule is NC(=S)Nc1ccn(-c2ccccc2)n1. The molecule has 0 spiro atoms. The van der Waals surface area contributed by atoms with Crippen molar-refractivity contribution in [2.75, 3.05) is 5.32 Å². The summed E-state index contributed by atoms with van der Waals surface area (Å²) in [6.45, 7) is 0. The molecular weight excluding hydrogens is 208 g/mol. The molecule has 0 amide bonds. The van der Waals surface area contributed by atoms with Gasteiger partial charge in [-0.25, -0.2) is 4.68 Å². The normalized spacial score (nSPS) is 9.87. The van der Waals surface area contributed by atoms with Crippen LogP contribution < -0.4 is 11.1 Å². The first-order valence-electron chi connectivity index (χ1n) is 4.43. The minimum atomic E-state index is 0.216. The second kappa shape index (κ2) is 4.10. The maximum Gasteiger partial charge on any atom is 0.169 e. The Morgan fingerprint density at radius 3 is 2.67 bits per heavy atom. The Morgan fingerprint density at radius 2 is 2.00 bits per heavy atom.